The Morgan fingerprint density at radius 2 is 1.82 bits per heavy atom. The van der Waals surface area contributed by atoms with Crippen molar-refractivity contribution in [1.29, 1.82) is 0 Å². The third kappa shape index (κ3) is 5.66. The molecule has 0 aliphatic heterocycles. The lowest BCUT2D eigenvalue weighted by atomic mass is 10.1. The average Bonchev–Trinajstić information content (AvgIpc) is 3.20. The number of para-hydroxylation sites is 1. The number of benzene rings is 2. The van der Waals surface area contributed by atoms with E-state index in [1.807, 2.05) is 54.6 Å². The van der Waals surface area contributed by atoms with E-state index in [2.05, 4.69) is 10.4 Å². The van der Waals surface area contributed by atoms with Crippen LogP contribution in [0.25, 0.3) is 0 Å². The monoisotopic (exact) mass is 380 g/mol. The first-order valence-electron chi connectivity index (χ1n) is 8.79. The minimum absolute atomic E-state index is 0.0864. The van der Waals surface area contributed by atoms with Gasteiger partial charge in [-0.25, -0.2) is 0 Å². The maximum absolute atomic E-state index is 12.0. The smallest absolute Gasteiger partial charge is 0.306 e. The first-order chi connectivity index (χ1) is 13.6. The molecular weight excluding hydrogens is 360 g/mol. The molecule has 8 heteroatoms. The van der Waals surface area contributed by atoms with Crippen LogP contribution in [0.1, 0.15) is 17.5 Å². The fraction of sp³-hybridized carbons (Fsp3) is 0.200. The zero-order chi connectivity index (χ0) is 19.8. The molecule has 0 unspecified atom stereocenters. The topological polar surface area (TPSA) is 99.3 Å². The highest BCUT2D eigenvalue weighted by Gasteiger charge is 2.09. The molecule has 1 heterocycles. The molecular formula is C20H20N4O4. The molecule has 0 spiro atoms. The van der Waals surface area contributed by atoms with Gasteiger partial charge in [0.15, 0.2) is 0 Å². The summed E-state index contributed by atoms with van der Waals surface area (Å²) in [6, 6.07) is 17.4. The van der Waals surface area contributed by atoms with Gasteiger partial charge in [0.05, 0.1) is 4.92 Å². The molecule has 8 nitrogen and oxygen atoms in total. The van der Waals surface area contributed by atoms with Crippen molar-refractivity contribution in [3.8, 4) is 5.75 Å². The fourth-order valence-corrected chi connectivity index (χ4v) is 2.51. The maximum Gasteiger partial charge on any atom is 0.306 e. The summed E-state index contributed by atoms with van der Waals surface area (Å²) in [4.78, 5) is 22.0. The Morgan fingerprint density at radius 1 is 1.11 bits per heavy atom. The van der Waals surface area contributed by atoms with E-state index in [9.17, 15) is 14.9 Å². The van der Waals surface area contributed by atoms with Crippen molar-refractivity contribution in [2.75, 3.05) is 0 Å². The second-order valence-electron chi connectivity index (χ2n) is 6.16. The summed E-state index contributed by atoms with van der Waals surface area (Å²) in [7, 11) is 0. The third-order valence-electron chi connectivity index (χ3n) is 4.06. The zero-order valence-electron chi connectivity index (χ0n) is 15.2. The predicted molar refractivity (Wildman–Crippen MR) is 103 cm³/mol. The third-order valence-corrected chi connectivity index (χ3v) is 4.06. The summed E-state index contributed by atoms with van der Waals surface area (Å²) in [5.74, 6) is 0.677. The first kappa shape index (κ1) is 19.1. The SMILES string of the molecule is O=C(CCn1cc([N+](=O)[O-])cn1)NCc1ccc(COc2ccccc2)cc1. The molecule has 1 aromatic heterocycles. The van der Waals surface area contributed by atoms with Crippen LogP contribution in [0.4, 0.5) is 5.69 Å². The van der Waals surface area contributed by atoms with Gasteiger partial charge in [-0.15, -0.1) is 0 Å². The van der Waals surface area contributed by atoms with Crippen LogP contribution in [0, 0.1) is 10.1 Å². The molecule has 1 N–H and O–H groups in total. The minimum atomic E-state index is -0.516. The number of rotatable bonds is 9. The zero-order valence-corrected chi connectivity index (χ0v) is 15.2. The molecule has 0 saturated carbocycles. The molecule has 0 bridgehead atoms. The van der Waals surface area contributed by atoms with E-state index in [-0.39, 0.29) is 24.6 Å². The Kier molecular flexibility index (Phi) is 6.35. The number of nitro groups is 1. The van der Waals surface area contributed by atoms with Gasteiger partial charge in [0.25, 0.3) is 0 Å². The van der Waals surface area contributed by atoms with Gasteiger partial charge >= 0.3 is 5.69 Å². The number of carbonyl (C=O) groups is 1. The first-order valence-corrected chi connectivity index (χ1v) is 8.79. The van der Waals surface area contributed by atoms with Crippen LogP contribution < -0.4 is 10.1 Å². The van der Waals surface area contributed by atoms with Crippen molar-refractivity contribution in [2.45, 2.75) is 26.1 Å². The number of carbonyl (C=O) groups excluding carboxylic acids is 1. The Bertz CT molecular complexity index is 923. The molecule has 0 aliphatic carbocycles. The van der Waals surface area contributed by atoms with E-state index in [4.69, 9.17) is 4.74 Å². The van der Waals surface area contributed by atoms with Gasteiger partial charge in [0, 0.05) is 19.5 Å². The number of amides is 1. The minimum Gasteiger partial charge on any atom is -0.489 e. The quantitative estimate of drug-likeness (QED) is 0.454. The molecule has 0 radical (unpaired) electrons. The van der Waals surface area contributed by atoms with Crippen LogP contribution in [0.15, 0.2) is 67.0 Å². The molecule has 144 valence electrons. The summed E-state index contributed by atoms with van der Waals surface area (Å²) in [5.41, 5.74) is 1.93. The normalized spacial score (nSPS) is 10.4. The number of nitrogens with zero attached hydrogens (tertiary/aromatic N) is 3. The Hall–Kier alpha value is -3.68. The van der Waals surface area contributed by atoms with Gasteiger partial charge < -0.3 is 10.1 Å². The van der Waals surface area contributed by atoms with Crippen molar-refractivity contribution in [1.82, 2.24) is 15.1 Å². The number of nitrogens with one attached hydrogen (secondary N) is 1. The van der Waals surface area contributed by atoms with E-state index in [0.717, 1.165) is 16.9 Å². The van der Waals surface area contributed by atoms with Crippen molar-refractivity contribution < 1.29 is 14.5 Å². The Labute approximate surface area is 161 Å². The Morgan fingerprint density at radius 3 is 2.50 bits per heavy atom. The molecule has 0 atom stereocenters. The van der Waals surface area contributed by atoms with Gasteiger partial charge in [-0.2, -0.15) is 5.10 Å². The van der Waals surface area contributed by atoms with Gasteiger partial charge in [-0.05, 0) is 23.3 Å². The van der Waals surface area contributed by atoms with Gasteiger partial charge in [-0.3, -0.25) is 19.6 Å². The summed E-state index contributed by atoms with van der Waals surface area (Å²) < 4.78 is 7.09. The van der Waals surface area contributed by atoms with Gasteiger partial charge in [0.2, 0.25) is 5.91 Å². The van der Waals surface area contributed by atoms with E-state index >= 15 is 0 Å². The lowest BCUT2D eigenvalue weighted by molar-refractivity contribution is -0.385. The van der Waals surface area contributed by atoms with E-state index in [1.165, 1.54) is 17.1 Å². The fourth-order valence-electron chi connectivity index (χ4n) is 2.51. The number of hydrogen-bond donors (Lipinski definition) is 1. The van der Waals surface area contributed by atoms with Crippen molar-refractivity contribution in [3.05, 3.63) is 88.2 Å². The van der Waals surface area contributed by atoms with Crippen LogP contribution in [0.3, 0.4) is 0 Å². The number of aryl methyl sites for hydroxylation is 1. The molecule has 0 fully saturated rings. The number of ether oxygens (including phenoxy) is 1. The molecule has 2 aromatic carbocycles. The summed E-state index contributed by atoms with van der Waals surface area (Å²) in [5, 5.41) is 17.3. The maximum atomic E-state index is 12.0. The molecule has 0 aliphatic rings. The van der Waals surface area contributed by atoms with Crippen molar-refractivity contribution in [2.24, 2.45) is 0 Å². The number of aromatic nitrogens is 2. The second-order valence-corrected chi connectivity index (χ2v) is 6.16. The van der Waals surface area contributed by atoms with Gasteiger partial charge in [-0.1, -0.05) is 42.5 Å². The standard InChI is InChI=1S/C20H20N4O4/c25-20(10-11-23-14-18(13-22-23)24(26)27)21-12-16-6-8-17(9-7-16)15-28-19-4-2-1-3-5-19/h1-9,13-14H,10-12,15H2,(H,21,25). The van der Waals surface area contributed by atoms with Crippen LogP contribution in [0.5, 0.6) is 5.75 Å². The summed E-state index contributed by atoms with van der Waals surface area (Å²) in [6.45, 7) is 1.18. The second kappa shape index (κ2) is 9.31. The van der Waals surface area contributed by atoms with Gasteiger partial charge in [0.1, 0.15) is 24.8 Å². The largest absolute Gasteiger partial charge is 0.489 e. The molecule has 28 heavy (non-hydrogen) atoms. The predicted octanol–water partition coefficient (Wildman–Crippen LogP) is 3.08. The van der Waals surface area contributed by atoms with E-state index < -0.39 is 4.92 Å². The highest BCUT2D eigenvalue weighted by Crippen LogP contribution is 2.12. The number of hydrogen-bond acceptors (Lipinski definition) is 5. The highest BCUT2D eigenvalue weighted by atomic mass is 16.6. The van der Waals surface area contributed by atoms with E-state index in [0.29, 0.717) is 13.2 Å². The molecule has 1 amide bonds. The Balaban J connectivity index is 1.40. The van der Waals surface area contributed by atoms with E-state index in [1.54, 1.807) is 0 Å². The average molecular weight is 380 g/mol. The summed E-state index contributed by atoms with van der Waals surface area (Å²) >= 11 is 0. The van der Waals surface area contributed by atoms with Crippen molar-refractivity contribution >= 4 is 11.6 Å². The lowest BCUT2D eigenvalue weighted by Crippen LogP contribution is -2.24. The highest BCUT2D eigenvalue weighted by molar-refractivity contribution is 5.75. The van der Waals surface area contributed by atoms with Crippen LogP contribution >= 0.6 is 0 Å². The van der Waals surface area contributed by atoms with Crippen LogP contribution in [-0.4, -0.2) is 20.6 Å². The molecule has 0 saturated heterocycles. The molecule has 3 rings (SSSR count). The van der Waals surface area contributed by atoms with Crippen LogP contribution in [-0.2, 0) is 24.5 Å². The summed E-state index contributed by atoms with van der Waals surface area (Å²) in [6.07, 6.45) is 2.67. The lowest BCUT2D eigenvalue weighted by Gasteiger charge is -2.08. The van der Waals surface area contributed by atoms with Crippen LogP contribution in [0.2, 0.25) is 0 Å². The molecule has 3 aromatic rings. The van der Waals surface area contributed by atoms with Crippen molar-refractivity contribution in [3.63, 3.8) is 0 Å².